The molecule has 128 valence electrons. The van der Waals surface area contributed by atoms with Crippen LogP contribution in [-0.2, 0) is 11.3 Å². The van der Waals surface area contributed by atoms with E-state index in [1.165, 1.54) is 22.8 Å². The Morgan fingerprint density at radius 2 is 2.08 bits per heavy atom. The third kappa shape index (κ3) is 4.44. The average Bonchev–Trinajstić information content (AvgIpc) is 2.92. The molecule has 24 heavy (non-hydrogen) atoms. The smallest absolute Gasteiger partial charge is 0.272 e. The van der Waals surface area contributed by atoms with E-state index in [1.807, 2.05) is 6.92 Å². The summed E-state index contributed by atoms with van der Waals surface area (Å²) < 4.78 is 14.9. The van der Waals surface area contributed by atoms with Crippen molar-refractivity contribution in [1.82, 2.24) is 25.6 Å². The third-order valence-corrected chi connectivity index (χ3v) is 3.91. The van der Waals surface area contributed by atoms with Crippen molar-refractivity contribution in [2.45, 2.75) is 25.0 Å². The van der Waals surface area contributed by atoms with Crippen LogP contribution in [0.15, 0.2) is 34.2 Å². The van der Waals surface area contributed by atoms with Crippen LogP contribution in [0.3, 0.4) is 0 Å². The average molecular weight is 353 g/mol. The van der Waals surface area contributed by atoms with Crippen molar-refractivity contribution in [2.75, 3.05) is 5.75 Å². The molecule has 8 nitrogen and oxygen atoms in total. The summed E-state index contributed by atoms with van der Waals surface area (Å²) in [6.07, 6.45) is 0.748. The maximum Gasteiger partial charge on any atom is 0.343 e. The van der Waals surface area contributed by atoms with Crippen molar-refractivity contribution in [3.63, 3.8) is 0 Å². The van der Waals surface area contributed by atoms with Crippen LogP contribution in [0.5, 0.6) is 0 Å². The number of aromatic nitrogens is 3. The van der Waals surface area contributed by atoms with Crippen LogP contribution in [0.1, 0.15) is 23.7 Å². The van der Waals surface area contributed by atoms with E-state index < -0.39 is 17.6 Å². The Labute approximate surface area is 140 Å². The maximum atomic E-state index is 13.4. The number of thioether (sulfide) groups is 1. The molecule has 2 rings (SSSR count). The summed E-state index contributed by atoms with van der Waals surface area (Å²) in [5, 5.41) is 6.54. The number of nitrogens with zero attached hydrogens (tertiary/aromatic N) is 2. The van der Waals surface area contributed by atoms with Gasteiger partial charge in [-0.3, -0.25) is 25.0 Å². The first-order valence-corrected chi connectivity index (χ1v) is 8.13. The lowest BCUT2D eigenvalue weighted by atomic mass is 10.2. The summed E-state index contributed by atoms with van der Waals surface area (Å²) in [5.74, 6) is -2.01. The van der Waals surface area contributed by atoms with Gasteiger partial charge in [0, 0.05) is 6.54 Å². The first-order valence-electron chi connectivity index (χ1n) is 7.14. The quantitative estimate of drug-likeness (QED) is 0.522. The lowest BCUT2D eigenvalue weighted by molar-refractivity contribution is -0.119. The zero-order chi connectivity index (χ0) is 17.5. The van der Waals surface area contributed by atoms with E-state index in [-0.39, 0.29) is 17.0 Å². The zero-order valence-corrected chi connectivity index (χ0v) is 13.7. The summed E-state index contributed by atoms with van der Waals surface area (Å²) in [6.45, 7) is 2.40. The molecule has 0 atom stereocenters. The molecule has 2 aromatic rings. The highest BCUT2D eigenvalue weighted by Gasteiger charge is 2.13. The van der Waals surface area contributed by atoms with Crippen molar-refractivity contribution in [1.29, 1.82) is 0 Å². The number of aromatic amines is 1. The van der Waals surface area contributed by atoms with Gasteiger partial charge in [0.05, 0.1) is 11.3 Å². The van der Waals surface area contributed by atoms with E-state index in [4.69, 9.17) is 0 Å². The molecule has 0 saturated carbocycles. The van der Waals surface area contributed by atoms with Crippen LogP contribution in [0, 0.1) is 5.82 Å². The molecule has 3 N–H and O–H groups in total. The fourth-order valence-corrected chi connectivity index (χ4v) is 2.61. The van der Waals surface area contributed by atoms with E-state index >= 15 is 0 Å². The second-order valence-corrected chi connectivity index (χ2v) is 5.68. The normalized spacial score (nSPS) is 10.4. The molecule has 1 aromatic heterocycles. The second-order valence-electron chi connectivity index (χ2n) is 4.73. The summed E-state index contributed by atoms with van der Waals surface area (Å²) >= 11 is 1.05. The predicted octanol–water partition coefficient (Wildman–Crippen LogP) is 0.674. The molecule has 0 saturated heterocycles. The van der Waals surface area contributed by atoms with Gasteiger partial charge in [0.15, 0.2) is 5.16 Å². The van der Waals surface area contributed by atoms with Gasteiger partial charge in [-0.25, -0.2) is 14.3 Å². The van der Waals surface area contributed by atoms with Gasteiger partial charge in [-0.2, -0.15) is 0 Å². The zero-order valence-electron chi connectivity index (χ0n) is 12.8. The van der Waals surface area contributed by atoms with Gasteiger partial charge >= 0.3 is 5.69 Å². The molecule has 1 aromatic carbocycles. The van der Waals surface area contributed by atoms with Gasteiger partial charge in [-0.15, -0.1) is 5.10 Å². The summed E-state index contributed by atoms with van der Waals surface area (Å²) in [5.41, 5.74) is 3.81. The van der Waals surface area contributed by atoms with Gasteiger partial charge in [0.1, 0.15) is 5.82 Å². The number of rotatable bonds is 6. The maximum absolute atomic E-state index is 13.4. The molecule has 0 bridgehead atoms. The molecule has 0 aliphatic carbocycles. The Morgan fingerprint density at radius 1 is 1.33 bits per heavy atom. The number of hydrazine groups is 1. The highest BCUT2D eigenvalue weighted by atomic mass is 32.2. The van der Waals surface area contributed by atoms with Crippen molar-refractivity contribution < 1.29 is 14.0 Å². The molecule has 2 amide bonds. The second kappa shape index (κ2) is 8.29. The van der Waals surface area contributed by atoms with Crippen LogP contribution < -0.4 is 16.5 Å². The van der Waals surface area contributed by atoms with Crippen molar-refractivity contribution in [3.05, 3.63) is 46.1 Å². The van der Waals surface area contributed by atoms with Crippen LogP contribution in [-0.4, -0.2) is 32.3 Å². The van der Waals surface area contributed by atoms with Gasteiger partial charge in [0.2, 0.25) is 5.91 Å². The minimum atomic E-state index is -0.755. The van der Waals surface area contributed by atoms with E-state index in [1.54, 1.807) is 0 Å². The Morgan fingerprint density at radius 3 is 2.79 bits per heavy atom. The minimum absolute atomic E-state index is 0.0639. The Bertz CT molecular complexity index is 789. The number of carbonyl (C=O) groups is 2. The number of nitrogens with one attached hydrogen (secondary N) is 3. The Hall–Kier alpha value is -2.62. The van der Waals surface area contributed by atoms with Crippen molar-refractivity contribution in [2.24, 2.45) is 0 Å². The summed E-state index contributed by atoms with van der Waals surface area (Å²) in [4.78, 5) is 35.0. The number of hydrogen-bond donors (Lipinski definition) is 3. The molecule has 0 radical (unpaired) electrons. The molecule has 0 aliphatic heterocycles. The molecular weight excluding hydrogens is 337 g/mol. The van der Waals surface area contributed by atoms with E-state index in [9.17, 15) is 18.8 Å². The Balaban J connectivity index is 1.85. The third-order valence-electron chi connectivity index (χ3n) is 2.94. The summed E-state index contributed by atoms with van der Waals surface area (Å²) in [6, 6.07) is 5.43. The van der Waals surface area contributed by atoms with Gasteiger partial charge < -0.3 is 0 Å². The van der Waals surface area contributed by atoms with Crippen molar-refractivity contribution in [3.8, 4) is 0 Å². The molecule has 0 spiro atoms. The van der Waals surface area contributed by atoms with E-state index in [2.05, 4.69) is 21.0 Å². The monoisotopic (exact) mass is 353 g/mol. The molecule has 10 heteroatoms. The van der Waals surface area contributed by atoms with Crippen LogP contribution in [0.4, 0.5) is 4.39 Å². The van der Waals surface area contributed by atoms with Gasteiger partial charge in [-0.05, 0) is 18.6 Å². The fraction of sp³-hybridized carbons (Fsp3) is 0.286. The van der Waals surface area contributed by atoms with Crippen LogP contribution in [0.2, 0.25) is 0 Å². The first-order chi connectivity index (χ1) is 11.5. The highest BCUT2D eigenvalue weighted by molar-refractivity contribution is 7.99. The molecule has 1 heterocycles. The lowest BCUT2D eigenvalue weighted by Crippen LogP contribution is -2.42. The Kier molecular flexibility index (Phi) is 6.13. The predicted molar refractivity (Wildman–Crippen MR) is 85.9 cm³/mol. The SMILES string of the molecule is CCCn1c(SCC(=O)NNC(=O)c2ccccc2F)n[nH]c1=O. The van der Waals surface area contributed by atoms with Crippen molar-refractivity contribution >= 4 is 23.6 Å². The number of halogens is 1. The highest BCUT2D eigenvalue weighted by Crippen LogP contribution is 2.12. The van der Waals surface area contributed by atoms with E-state index in [0.29, 0.717) is 11.7 Å². The van der Waals surface area contributed by atoms with E-state index in [0.717, 1.165) is 24.2 Å². The molecular formula is C14H16FN5O3S. The minimum Gasteiger partial charge on any atom is -0.272 e. The largest absolute Gasteiger partial charge is 0.343 e. The number of hydrogen-bond acceptors (Lipinski definition) is 5. The van der Waals surface area contributed by atoms with Crippen LogP contribution in [0.25, 0.3) is 0 Å². The van der Waals surface area contributed by atoms with Crippen LogP contribution >= 0.6 is 11.8 Å². The number of benzene rings is 1. The standard InChI is InChI=1S/C14H16FN5O3S/c1-2-7-20-13(23)18-19-14(20)24-8-11(21)16-17-12(22)9-5-3-4-6-10(9)15/h3-6H,2,7-8H2,1H3,(H,16,21)(H,17,22)(H,18,23). The topological polar surface area (TPSA) is 109 Å². The van der Waals surface area contributed by atoms with Gasteiger partial charge in [0.25, 0.3) is 5.91 Å². The molecule has 0 aliphatic rings. The molecule has 0 fully saturated rings. The van der Waals surface area contributed by atoms with Gasteiger partial charge in [-0.1, -0.05) is 30.8 Å². The molecule has 0 unspecified atom stereocenters. The summed E-state index contributed by atoms with van der Waals surface area (Å²) in [7, 11) is 0. The fourth-order valence-electron chi connectivity index (χ4n) is 1.84. The lowest BCUT2D eigenvalue weighted by Gasteiger charge is -2.08. The number of amides is 2. The number of H-pyrrole nitrogens is 1. The first kappa shape index (κ1) is 17.7. The number of carbonyl (C=O) groups excluding carboxylic acids is 2.